The maximum atomic E-state index is 10.7. The first kappa shape index (κ1) is 14.5. The molecule has 5 nitrogen and oxygen atoms in total. The minimum absolute atomic E-state index is 0.0325. The van der Waals surface area contributed by atoms with Gasteiger partial charge in [0.1, 0.15) is 6.10 Å². The summed E-state index contributed by atoms with van der Waals surface area (Å²) in [5, 5.41) is 10.7. The predicted octanol–water partition coefficient (Wildman–Crippen LogP) is 3.48. The summed E-state index contributed by atoms with van der Waals surface area (Å²) >= 11 is 0. The highest BCUT2D eigenvalue weighted by atomic mass is 16.6. The molecule has 1 fully saturated rings. The van der Waals surface area contributed by atoms with Crippen molar-refractivity contribution in [2.45, 2.75) is 13.0 Å². The van der Waals surface area contributed by atoms with Gasteiger partial charge in [0, 0.05) is 30.9 Å². The van der Waals surface area contributed by atoms with E-state index in [2.05, 4.69) is 24.0 Å². The summed E-state index contributed by atoms with van der Waals surface area (Å²) in [6.45, 7) is 4.28. The number of hydrogen-bond donors (Lipinski definition) is 0. The molecule has 0 radical (unpaired) electrons. The van der Waals surface area contributed by atoms with E-state index >= 15 is 0 Å². The fraction of sp³-hybridized carbons (Fsp3) is 0.294. The molecule has 1 aliphatic rings. The molecule has 114 valence electrons. The average Bonchev–Trinajstić information content (AvgIpc) is 2.55. The smallest absolute Gasteiger partial charge is 0.269 e. The number of nitro benzene ring substituents is 1. The topological polar surface area (TPSA) is 55.6 Å². The Balaban J connectivity index is 1.78. The molecule has 5 heteroatoms. The van der Waals surface area contributed by atoms with Crippen molar-refractivity contribution >= 4 is 11.4 Å². The quantitative estimate of drug-likeness (QED) is 0.643. The number of nitro groups is 1. The maximum Gasteiger partial charge on any atom is 0.269 e. The van der Waals surface area contributed by atoms with Crippen LogP contribution >= 0.6 is 0 Å². The van der Waals surface area contributed by atoms with Crippen LogP contribution in [0.1, 0.15) is 17.2 Å². The standard InChI is InChI=1S/C17H18N2O3/c1-13-4-2-3-5-16(13)17-12-18(10-11-22-17)14-6-8-15(9-7-14)19(20)21/h2-9,17H,10-12H2,1H3. The van der Waals surface area contributed by atoms with Crippen molar-refractivity contribution in [3.63, 3.8) is 0 Å². The van der Waals surface area contributed by atoms with Crippen molar-refractivity contribution in [2.24, 2.45) is 0 Å². The number of hydrogen-bond acceptors (Lipinski definition) is 4. The van der Waals surface area contributed by atoms with Crippen molar-refractivity contribution in [1.82, 2.24) is 0 Å². The lowest BCUT2D eigenvalue weighted by atomic mass is 10.0. The number of anilines is 1. The SMILES string of the molecule is Cc1ccccc1C1CN(c2ccc([N+](=O)[O-])cc2)CCO1. The number of ether oxygens (including phenoxy) is 1. The lowest BCUT2D eigenvalue weighted by molar-refractivity contribution is -0.384. The zero-order valence-electron chi connectivity index (χ0n) is 12.4. The first-order valence-electron chi connectivity index (χ1n) is 7.31. The highest BCUT2D eigenvalue weighted by Gasteiger charge is 2.23. The van der Waals surface area contributed by atoms with E-state index in [0.717, 1.165) is 18.8 Å². The van der Waals surface area contributed by atoms with Crippen LogP contribution < -0.4 is 4.90 Å². The van der Waals surface area contributed by atoms with Gasteiger partial charge in [0.25, 0.3) is 5.69 Å². The van der Waals surface area contributed by atoms with Crippen molar-refractivity contribution < 1.29 is 9.66 Å². The Morgan fingerprint density at radius 2 is 1.91 bits per heavy atom. The predicted molar refractivity (Wildman–Crippen MR) is 85.2 cm³/mol. The van der Waals surface area contributed by atoms with Gasteiger partial charge < -0.3 is 9.64 Å². The summed E-state index contributed by atoms with van der Waals surface area (Å²) in [6, 6.07) is 14.9. The second-order valence-electron chi connectivity index (χ2n) is 5.44. The first-order valence-corrected chi connectivity index (χ1v) is 7.31. The van der Waals surface area contributed by atoms with Crippen LogP contribution in [0.4, 0.5) is 11.4 Å². The van der Waals surface area contributed by atoms with Gasteiger partial charge >= 0.3 is 0 Å². The second-order valence-corrected chi connectivity index (χ2v) is 5.44. The van der Waals surface area contributed by atoms with E-state index in [0.29, 0.717) is 6.61 Å². The normalized spacial score (nSPS) is 18.2. The number of benzene rings is 2. The summed E-state index contributed by atoms with van der Waals surface area (Å²) in [5.74, 6) is 0. The van der Waals surface area contributed by atoms with E-state index in [1.54, 1.807) is 24.3 Å². The Labute approximate surface area is 129 Å². The van der Waals surface area contributed by atoms with Crippen LogP contribution in [-0.2, 0) is 4.74 Å². The number of nitrogens with zero attached hydrogens (tertiary/aromatic N) is 2. The van der Waals surface area contributed by atoms with E-state index in [1.165, 1.54) is 11.1 Å². The van der Waals surface area contributed by atoms with Gasteiger partial charge in [-0.15, -0.1) is 0 Å². The molecule has 1 heterocycles. The molecular formula is C17H18N2O3. The second kappa shape index (κ2) is 6.15. The van der Waals surface area contributed by atoms with E-state index in [9.17, 15) is 10.1 Å². The fourth-order valence-electron chi connectivity index (χ4n) is 2.81. The summed E-state index contributed by atoms with van der Waals surface area (Å²) in [4.78, 5) is 12.6. The van der Waals surface area contributed by atoms with Crippen molar-refractivity contribution in [1.29, 1.82) is 0 Å². The highest BCUT2D eigenvalue weighted by molar-refractivity contribution is 5.51. The molecule has 0 bridgehead atoms. The molecule has 2 aromatic rings. The van der Waals surface area contributed by atoms with Gasteiger partial charge in [-0.05, 0) is 30.2 Å². The maximum absolute atomic E-state index is 10.7. The molecular weight excluding hydrogens is 280 g/mol. The summed E-state index contributed by atoms with van der Waals surface area (Å²) in [6.07, 6.45) is 0.0325. The molecule has 22 heavy (non-hydrogen) atoms. The Morgan fingerprint density at radius 3 is 2.59 bits per heavy atom. The van der Waals surface area contributed by atoms with Crippen LogP contribution in [0.15, 0.2) is 48.5 Å². The minimum Gasteiger partial charge on any atom is -0.370 e. The van der Waals surface area contributed by atoms with Crippen LogP contribution in [0, 0.1) is 17.0 Å². The molecule has 2 aromatic carbocycles. The Morgan fingerprint density at radius 1 is 1.18 bits per heavy atom. The fourth-order valence-corrected chi connectivity index (χ4v) is 2.81. The molecule has 1 atom stereocenters. The van der Waals surface area contributed by atoms with Gasteiger partial charge in [0.15, 0.2) is 0 Å². The zero-order chi connectivity index (χ0) is 15.5. The van der Waals surface area contributed by atoms with Gasteiger partial charge in [-0.1, -0.05) is 24.3 Å². The van der Waals surface area contributed by atoms with Crippen molar-refractivity contribution in [2.75, 3.05) is 24.6 Å². The van der Waals surface area contributed by atoms with Crippen molar-refractivity contribution in [3.8, 4) is 0 Å². The Kier molecular flexibility index (Phi) is 4.06. The Hall–Kier alpha value is -2.40. The molecule has 0 aromatic heterocycles. The summed E-state index contributed by atoms with van der Waals surface area (Å²) in [5.41, 5.74) is 3.53. The van der Waals surface area contributed by atoms with E-state index < -0.39 is 0 Å². The highest BCUT2D eigenvalue weighted by Crippen LogP contribution is 2.28. The van der Waals surface area contributed by atoms with E-state index in [1.807, 2.05) is 12.1 Å². The third-order valence-corrected chi connectivity index (χ3v) is 4.03. The summed E-state index contributed by atoms with van der Waals surface area (Å²) < 4.78 is 5.91. The number of aryl methyl sites for hydroxylation is 1. The number of non-ortho nitro benzene ring substituents is 1. The van der Waals surface area contributed by atoms with Crippen LogP contribution in [0.3, 0.4) is 0 Å². The molecule has 0 spiro atoms. The molecule has 1 unspecified atom stereocenters. The third kappa shape index (κ3) is 2.94. The lowest BCUT2D eigenvalue weighted by Crippen LogP contribution is -2.38. The van der Waals surface area contributed by atoms with Gasteiger partial charge in [0.05, 0.1) is 11.5 Å². The van der Waals surface area contributed by atoms with Gasteiger partial charge in [-0.2, -0.15) is 0 Å². The van der Waals surface area contributed by atoms with E-state index in [-0.39, 0.29) is 16.7 Å². The molecule has 0 amide bonds. The molecule has 0 saturated carbocycles. The van der Waals surface area contributed by atoms with Crippen molar-refractivity contribution in [3.05, 3.63) is 69.8 Å². The van der Waals surface area contributed by atoms with Crippen LogP contribution in [0.25, 0.3) is 0 Å². The van der Waals surface area contributed by atoms with E-state index in [4.69, 9.17) is 4.74 Å². The van der Waals surface area contributed by atoms with Crippen LogP contribution in [-0.4, -0.2) is 24.6 Å². The monoisotopic (exact) mass is 298 g/mol. The third-order valence-electron chi connectivity index (χ3n) is 4.03. The summed E-state index contributed by atoms with van der Waals surface area (Å²) in [7, 11) is 0. The van der Waals surface area contributed by atoms with Gasteiger partial charge in [-0.3, -0.25) is 10.1 Å². The number of morpholine rings is 1. The first-order chi connectivity index (χ1) is 10.6. The average molecular weight is 298 g/mol. The number of rotatable bonds is 3. The molecule has 1 aliphatic heterocycles. The molecule has 3 rings (SSSR count). The molecule has 1 saturated heterocycles. The minimum atomic E-state index is -0.376. The largest absolute Gasteiger partial charge is 0.370 e. The zero-order valence-corrected chi connectivity index (χ0v) is 12.4. The van der Waals surface area contributed by atoms with Crippen LogP contribution in [0.2, 0.25) is 0 Å². The lowest BCUT2D eigenvalue weighted by Gasteiger charge is -2.35. The van der Waals surface area contributed by atoms with Gasteiger partial charge in [-0.25, -0.2) is 0 Å². The van der Waals surface area contributed by atoms with Gasteiger partial charge in [0.2, 0.25) is 0 Å². The Bertz CT molecular complexity index is 670. The van der Waals surface area contributed by atoms with Crippen LogP contribution in [0.5, 0.6) is 0 Å². The molecule has 0 N–H and O–H groups in total. The molecule has 0 aliphatic carbocycles.